The topological polar surface area (TPSA) is 79.0 Å². The van der Waals surface area contributed by atoms with Gasteiger partial charge in [0, 0.05) is 45.6 Å². The highest BCUT2D eigenvalue weighted by Gasteiger charge is 2.36. The first-order valence-corrected chi connectivity index (χ1v) is 6.88. The van der Waals surface area contributed by atoms with Gasteiger partial charge in [0.2, 0.25) is 11.8 Å². The lowest BCUT2D eigenvalue weighted by atomic mass is 10.1. The van der Waals surface area contributed by atoms with Crippen LogP contribution in [0.1, 0.15) is 19.8 Å². The van der Waals surface area contributed by atoms with Gasteiger partial charge in [0.15, 0.2) is 0 Å². The molecule has 0 aromatic rings. The molecule has 0 aliphatic carbocycles. The molecule has 0 radical (unpaired) electrons. The lowest BCUT2D eigenvalue weighted by molar-refractivity contribution is -0.146. The molecule has 2 aliphatic rings. The Balaban J connectivity index is 1.92. The van der Waals surface area contributed by atoms with Gasteiger partial charge in [-0.1, -0.05) is 0 Å². The molecular weight excluding hydrogens is 262 g/mol. The standard InChI is InChI=1S/C13H21N3O4/c1-9(17)14-11(13(19)20-2)8-15-5-6-16-10(7-15)3-4-12(16)18/h10-11H,3-8H2,1-2H3,(H,14,17). The summed E-state index contributed by atoms with van der Waals surface area (Å²) in [5, 5.41) is 2.61. The normalized spacial score (nSPS) is 24.2. The molecule has 2 aliphatic heterocycles. The van der Waals surface area contributed by atoms with Crippen molar-refractivity contribution in [2.75, 3.05) is 33.3 Å². The molecule has 2 heterocycles. The third kappa shape index (κ3) is 3.27. The van der Waals surface area contributed by atoms with Gasteiger partial charge in [0.1, 0.15) is 6.04 Å². The fraction of sp³-hybridized carbons (Fsp3) is 0.769. The van der Waals surface area contributed by atoms with Gasteiger partial charge in [-0.05, 0) is 6.42 Å². The van der Waals surface area contributed by atoms with Crippen molar-refractivity contribution in [1.29, 1.82) is 0 Å². The Morgan fingerprint density at radius 2 is 2.20 bits per heavy atom. The zero-order valence-electron chi connectivity index (χ0n) is 11.9. The van der Waals surface area contributed by atoms with E-state index in [0.717, 1.165) is 19.5 Å². The predicted molar refractivity (Wildman–Crippen MR) is 70.8 cm³/mol. The number of rotatable bonds is 4. The summed E-state index contributed by atoms with van der Waals surface area (Å²) in [5.41, 5.74) is 0. The number of amides is 2. The third-order valence-electron chi connectivity index (χ3n) is 3.88. The number of nitrogens with zero attached hydrogens (tertiary/aromatic N) is 2. The molecule has 2 fully saturated rings. The van der Waals surface area contributed by atoms with E-state index in [-0.39, 0.29) is 17.9 Å². The molecular formula is C13H21N3O4. The van der Waals surface area contributed by atoms with E-state index in [4.69, 9.17) is 4.74 Å². The molecule has 1 N–H and O–H groups in total. The van der Waals surface area contributed by atoms with Crippen LogP contribution in [0.15, 0.2) is 0 Å². The molecule has 0 spiro atoms. The molecule has 7 nitrogen and oxygen atoms in total. The van der Waals surface area contributed by atoms with Crippen LogP contribution < -0.4 is 5.32 Å². The summed E-state index contributed by atoms with van der Waals surface area (Å²) in [6.07, 6.45) is 1.49. The van der Waals surface area contributed by atoms with Gasteiger partial charge in [0.05, 0.1) is 7.11 Å². The maximum absolute atomic E-state index is 11.7. The van der Waals surface area contributed by atoms with E-state index in [1.54, 1.807) is 0 Å². The van der Waals surface area contributed by atoms with Crippen molar-refractivity contribution in [2.45, 2.75) is 31.8 Å². The number of hydrogen-bond acceptors (Lipinski definition) is 5. The van der Waals surface area contributed by atoms with Crippen LogP contribution in [0.4, 0.5) is 0 Å². The average molecular weight is 283 g/mol. The second kappa shape index (κ2) is 6.21. The average Bonchev–Trinajstić information content (AvgIpc) is 2.78. The number of carbonyl (C=O) groups excluding carboxylic acids is 3. The first-order valence-electron chi connectivity index (χ1n) is 6.88. The van der Waals surface area contributed by atoms with E-state index in [9.17, 15) is 14.4 Å². The van der Waals surface area contributed by atoms with Gasteiger partial charge in [-0.15, -0.1) is 0 Å². The minimum absolute atomic E-state index is 0.223. The highest BCUT2D eigenvalue weighted by Crippen LogP contribution is 2.22. The van der Waals surface area contributed by atoms with Crippen LogP contribution in [0.5, 0.6) is 0 Å². The van der Waals surface area contributed by atoms with Crippen molar-refractivity contribution < 1.29 is 19.1 Å². The van der Waals surface area contributed by atoms with Crippen molar-refractivity contribution in [2.24, 2.45) is 0 Å². The van der Waals surface area contributed by atoms with E-state index in [1.807, 2.05) is 4.90 Å². The smallest absolute Gasteiger partial charge is 0.329 e. The first-order chi connectivity index (χ1) is 9.51. The number of ether oxygens (including phenoxy) is 1. The Morgan fingerprint density at radius 3 is 2.85 bits per heavy atom. The summed E-state index contributed by atoms with van der Waals surface area (Å²) >= 11 is 0. The van der Waals surface area contributed by atoms with Gasteiger partial charge in [-0.2, -0.15) is 0 Å². The Kier molecular flexibility index (Phi) is 4.59. The van der Waals surface area contributed by atoms with Crippen LogP contribution >= 0.6 is 0 Å². The van der Waals surface area contributed by atoms with E-state index in [0.29, 0.717) is 19.5 Å². The van der Waals surface area contributed by atoms with Gasteiger partial charge < -0.3 is 15.0 Å². The van der Waals surface area contributed by atoms with E-state index >= 15 is 0 Å². The van der Waals surface area contributed by atoms with Gasteiger partial charge in [-0.25, -0.2) is 4.79 Å². The van der Waals surface area contributed by atoms with Gasteiger partial charge in [-0.3, -0.25) is 14.5 Å². The van der Waals surface area contributed by atoms with Crippen molar-refractivity contribution in [3.63, 3.8) is 0 Å². The van der Waals surface area contributed by atoms with Crippen LogP contribution in [-0.4, -0.2) is 73.0 Å². The van der Waals surface area contributed by atoms with Crippen molar-refractivity contribution in [3.05, 3.63) is 0 Å². The first kappa shape index (κ1) is 14.8. The summed E-state index contributed by atoms with van der Waals surface area (Å²) in [7, 11) is 1.31. The number of esters is 1. The molecule has 0 aromatic heterocycles. The van der Waals surface area contributed by atoms with Crippen LogP contribution in [0.2, 0.25) is 0 Å². The maximum Gasteiger partial charge on any atom is 0.329 e. The Hall–Kier alpha value is -1.63. The minimum atomic E-state index is -0.652. The zero-order valence-corrected chi connectivity index (χ0v) is 11.9. The molecule has 2 saturated heterocycles. The molecule has 7 heteroatoms. The van der Waals surface area contributed by atoms with Crippen molar-refractivity contribution in [3.8, 4) is 0 Å². The molecule has 2 rings (SSSR count). The summed E-state index contributed by atoms with van der Waals surface area (Å²) < 4.78 is 4.71. The van der Waals surface area contributed by atoms with Crippen LogP contribution in [-0.2, 0) is 19.1 Å². The fourth-order valence-corrected chi connectivity index (χ4v) is 2.92. The van der Waals surface area contributed by atoms with Gasteiger partial charge >= 0.3 is 5.97 Å². The predicted octanol–water partition coefficient (Wildman–Crippen LogP) is -1.03. The largest absolute Gasteiger partial charge is 0.467 e. The number of carbonyl (C=O) groups is 3. The van der Waals surface area contributed by atoms with E-state index in [1.165, 1.54) is 14.0 Å². The quantitative estimate of drug-likeness (QED) is 0.668. The Morgan fingerprint density at radius 1 is 1.45 bits per heavy atom. The molecule has 2 unspecified atom stereocenters. The molecule has 0 bridgehead atoms. The highest BCUT2D eigenvalue weighted by atomic mass is 16.5. The van der Waals surface area contributed by atoms with Crippen LogP contribution in [0, 0.1) is 0 Å². The summed E-state index contributed by atoms with van der Waals surface area (Å²) in [6, 6.07) is -0.409. The SMILES string of the molecule is COC(=O)C(CN1CCN2C(=O)CCC2C1)NC(C)=O. The monoisotopic (exact) mass is 283 g/mol. The number of piperazine rings is 1. The molecule has 2 atom stereocenters. The van der Waals surface area contributed by atoms with Crippen molar-refractivity contribution in [1.82, 2.24) is 15.1 Å². The van der Waals surface area contributed by atoms with Crippen molar-refractivity contribution >= 4 is 17.8 Å². The summed E-state index contributed by atoms with van der Waals surface area (Å²) in [6.45, 7) is 3.96. The van der Waals surface area contributed by atoms with E-state index in [2.05, 4.69) is 10.2 Å². The molecule has 112 valence electrons. The second-order valence-electron chi connectivity index (χ2n) is 5.32. The highest BCUT2D eigenvalue weighted by molar-refractivity contribution is 5.83. The van der Waals surface area contributed by atoms with Gasteiger partial charge in [0.25, 0.3) is 0 Å². The Labute approximate surface area is 118 Å². The molecule has 2 amide bonds. The number of hydrogen-bond donors (Lipinski definition) is 1. The lowest BCUT2D eigenvalue weighted by Gasteiger charge is -2.38. The maximum atomic E-state index is 11.7. The van der Waals surface area contributed by atoms with E-state index < -0.39 is 12.0 Å². The Bertz CT molecular complexity index is 412. The molecule has 20 heavy (non-hydrogen) atoms. The number of methoxy groups -OCH3 is 1. The second-order valence-corrected chi connectivity index (χ2v) is 5.32. The molecule has 0 aromatic carbocycles. The summed E-state index contributed by atoms with van der Waals surface area (Å²) in [5.74, 6) is -0.471. The number of fused-ring (bicyclic) bond motifs is 1. The number of nitrogens with one attached hydrogen (secondary N) is 1. The van der Waals surface area contributed by atoms with Crippen LogP contribution in [0.25, 0.3) is 0 Å². The lowest BCUT2D eigenvalue weighted by Crippen LogP contribution is -2.56. The summed E-state index contributed by atoms with van der Waals surface area (Å²) in [4.78, 5) is 38.5. The molecule has 0 saturated carbocycles. The zero-order chi connectivity index (χ0) is 14.7. The minimum Gasteiger partial charge on any atom is -0.467 e. The fourth-order valence-electron chi connectivity index (χ4n) is 2.92. The van der Waals surface area contributed by atoms with Crippen LogP contribution in [0.3, 0.4) is 0 Å². The third-order valence-corrected chi connectivity index (χ3v) is 3.88.